The Kier molecular flexibility index (Phi) is 3.77. The van der Waals surface area contributed by atoms with Crippen LogP contribution in [0, 0.1) is 5.82 Å². The molecule has 0 spiro atoms. The molecule has 5 nitrogen and oxygen atoms in total. The van der Waals surface area contributed by atoms with Gasteiger partial charge in [0.05, 0.1) is 11.8 Å². The fraction of sp³-hybridized carbons (Fsp3) is 0.364. The van der Waals surface area contributed by atoms with Crippen LogP contribution in [-0.2, 0) is 6.42 Å². The first-order chi connectivity index (χ1) is 8.31. The van der Waals surface area contributed by atoms with E-state index in [9.17, 15) is 4.39 Å². The number of aromatic nitrogens is 3. The molecule has 0 bridgehead atoms. The van der Waals surface area contributed by atoms with Crippen molar-refractivity contribution in [3.63, 3.8) is 0 Å². The van der Waals surface area contributed by atoms with Crippen LogP contribution >= 0.6 is 0 Å². The maximum atomic E-state index is 13.4. The van der Waals surface area contributed by atoms with Gasteiger partial charge in [-0.1, -0.05) is 0 Å². The van der Waals surface area contributed by atoms with Crippen molar-refractivity contribution in [3.8, 4) is 11.5 Å². The largest absolute Gasteiger partial charge is 0.421 e. The third-order valence-electron chi connectivity index (χ3n) is 2.29. The average Bonchev–Trinajstić information content (AvgIpc) is 2.79. The minimum Gasteiger partial charge on any atom is -0.421 e. The molecule has 0 saturated carbocycles. The second-order valence-corrected chi connectivity index (χ2v) is 3.56. The average molecular weight is 236 g/mol. The van der Waals surface area contributed by atoms with Crippen molar-refractivity contribution in [3.05, 3.63) is 30.2 Å². The summed E-state index contributed by atoms with van der Waals surface area (Å²) in [5.41, 5.74) is 0.285. The lowest BCUT2D eigenvalue weighted by atomic mass is 10.2. The highest BCUT2D eigenvalue weighted by atomic mass is 19.1. The Balaban J connectivity index is 2.10. The van der Waals surface area contributed by atoms with E-state index in [2.05, 4.69) is 20.5 Å². The monoisotopic (exact) mass is 236 g/mol. The number of nitrogens with zero attached hydrogens (tertiary/aromatic N) is 3. The standard InChI is InChI=1S/C11H13FN4O/c1-13-5-2-3-10-15-16-11(17-10)8-4-6-14-7-9(8)12/h4,6-7,13H,2-3,5H2,1H3. The molecule has 0 atom stereocenters. The number of rotatable bonds is 5. The summed E-state index contributed by atoms with van der Waals surface area (Å²) >= 11 is 0. The summed E-state index contributed by atoms with van der Waals surface area (Å²) < 4.78 is 18.8. The van der Waals surface area contributed by atoms with Gasteiger partial charge in [0.25, 0.3) is 5.89 Å². The second kappa shape index (κ2) is 5.49. The topological polar surface area (TPSA) is 63.8 Å². The number of halogens is 1. The molecule has 0 amide bonds. The lowest BCUT2D eigenvalue weighted by Gasteiger charge is -1.96. The smallest absolute Gasteiger partial charge is 0.250 e. The van der Waals surface area contributed by atoms with E-state index in [4.69, 9.17) is 4.42 Å². The van der Waals surface area contributed by atoms with Gasteiger partial charge in [-0.15, -0.1) is 10.2 Å². The van der Waals surface area contributed by atoms with E-state index in [1.54, 1.807) is 0 Å². The minimum absolute atomic E-state index is 0.198. The molecule has 17 heavy (non-hydrogen) atoms. The Hall–Kier alpha value is -1.82. The van der Waals surface area contributed by atoms with Crippen LogP contribution < -0.4 is 5.32 Å². The zero-order valence-corrected chi connectivity index (χ0v) is 9.48. The van der Waals surface area contributed by atoms with Crippen molar-refractivity contribution >= 4 is 0 Å². The normalized spacial score (nSPS) is 10.7. The maximum absolute atomic E-state index is 13.4. The predicted molar refractivity (Wildman–Crippen MR) is 59.7 cm³/mol. The molecule has 0 unspecified atom stereocenters. The van der Waals surface area contributed by atoms with E-state index in [-0.39, 0.29) is 11.5 Å². The zero-order valence-electron chi connectivity index (χ0n) is 9.48. The highest BCUT2D eigenvalue weighted by molar-refractivity contribution is 5.51. The molecule has 2 heterocycles. The molecule has 0 aromatic carbocycles. The fourth-order valence-electron chi connectivity index (χ4n) is 1.43. The second-order valence-electron chi connectivity index (χ2n) is 3.56. The molecule has 2 aromatic heterocycles. The summed E-state index contributed by atoms with van der Waals surface area (Å²) in [6.45, 7) is 0.876. The predicted octanol–water partition coefficient (Wildman–Crippen LogP) is 1.42. The molecule has 2 aromatic rings. The molecule has 0 aliphatic carbocycles. The van der Waals surface area contributed by atoms with E-state index < -0.39 is 5.82 Å². The quantitative estimate of drug-likeness (QED) is 0.795. The van der Waals surface area contributed by atoms with Crippen LogP contribution in [0.2, 0.25) is 0 Å². The van der Waals surface area contributed by atoms with Gasteiger partial charge in [0.2, 0.25) is 5.89 Å². The molecular weight excluding hydrogens is 223 g/mol. The van der Waals surface area contributed by atoms with E-state index >= 15 is 0 Å². The number of hydrogen-bond acceptors (Lipinski definition) is 5. The summed E-state index contributed by atoms with van der Waals surface area (Å²) in [5, 5.41) is 10.7. The molecule has 6 heteroatoms. The summed E-state index contributed by atoms with van der Waals surface area (Å²) in [5.74, 6) is 0.258. The molecular formula is C11H13FN4O. The molecule has 0 fully saturated rings. The van der Waals surface area contributed by atoms with Gasteiger partial charge in [0.1, 0.15) is 0 Å². The molecule has 90 valence electrons. The minimum atomic E-state index is -0.460. The van der Waals surface area contributed by atoms with Gasteiger partial charge < -0.3 is 9.73 Å². The van der Waals surface area contributed by atoms with Crippen LogP contribution in [0.4, 0.5) is 4.39 Å². The summed E-state index contributed by atoms with van der Waals surface area (Å²) in [4.78, 5) is 3.66. The lowest BCUT2D eigenvalue weighted by molar-refractivity contribution is 0.491. The highest BCUT2D eigenvalue weighted by Gasteiger charge is 2.12. The summed E-state index contributed by atoms with van der Waals surface area (Å²) in [6, 6.07) is 1.51. The number of pyridine rings is 1. The Morgan fingerprint density at radius 3 is 3.06 bits per heavy atom. The van der Waals surface area contributed by atoms with Crippen LogP contribution in [0.3, 0.4) is 0 Å². The van der Waals surface area contributed by atoms with Crippen molar-refractivity contribution in [1.82, 2.24) is 20.5 Å². The SMILES string of the molecule is CNCCCc1nnc(-c2ccncc2F)o1. The summed E-state index contributed by atoms with van der Waals surface area (Å²) in [6.07, 6.45) is 4.20. The third-order valence-corrected chi connectivity index (χ3v) is 2.29. The molecule has 0 aliphatic heterocycles. The van der Waals surface area contributed by atoms with Gasteiger partial charge >= 0.3 is 0 Å². The van der Waals surface area contributed by atoms with Crippen LogP contribution in [-0.4, -0.2) is 28.8 Å². The van der Waals surface area contributed by atoms with E-state index in [0.29, 0.717) is 12.3 Å². The Morgan fingerprint density at radius 2 is 2.29 bits per heavy atom. The van der Waals surface area contributed by atoms with Gasteiger partial charge in [0.15, 0.2) is 5.82 Å². The van der Waals surface area contributed by atoms with Crippen LogP contribution in [0.1, 0.15) is 12.3 Å². The number of aryl methyl sites for hydroxylation is 1. The Bertz CT molecular complexity index is 486. The molecule has 0 aliphatic rings. The first kappa shape index (κ1) is 11.7. The van der Waals surface area contributed by atoms with Crippen molar-refractivity contribution in [2.45, 2.75) is 12.8 Å². The van der Waals surface area contributed by atoms with Crippen LogP contribution in [0.25, 0.3) is 11.5 Å². The first-order valence-electron chi connectivity index (χ1n) is 5.38. The number of hydrogen-bond donors (Lipinski definition) is 1. The van der Waals surface area contributed by atoms with Gasteiger partial charge in [-0.05, 0) is 26.1 Å². The third kappa shape index (κ3) is 2.85. The zero-order chi connectivity index (χ0) is 12.1. The van der Waals surface area contributed by atoms with E-state index in [1.165, 1.54) is 12.3 Å². The lowest BCUT2D eigenvalue weighted by Crippen LogP contribution is -2.08. The first-order valence-corrected chi connectivity index (χ1v) is 5.38. The Morgan fingerprint density at radius 1 is 1.41 bits per heavy atom. The van der Waals surface area contributed by atoms with Crippen LogP contribution in [0.5, 0.6) is 0 Å². The van der Waals surface area contributed by atoms with Gasteiger partial charge in [-0.25, -0.2) is 4.39 Å². The van der Waals surface area contributed by atoms with Gasteiger partial charge in [0, 0.05) is 12.6 Å². The maximum Gasteiger partial charge on any atom is 0.250 e. The van der Waals surface area contributed by atoms with Crippen LogP contribution in [0.15, 0.2) is 22.9 Å². The number of nitrogens with one attached hydrogen (secondary N) is 1. The van der Waals surface area contributed by atoms with Crippen molar-refractivity contribution in [2.75, 3.05) is 13.6 Å². The highest BCUT2D eigenvalue weighted by Crippen LogP contribution is 2.20. The molecule has 2 rings (SSSR count). The molecule has 0 radical (unpaired) electrons. The molecule has 0 saturated heterocycles. The Labute approximate surface area is 98.1 Å². The van der Waals surface area contributed by atoms with Gasteiger partial charge in [-0.3, -0.25) is 4.98 Å². The molecule has 1 N–H and O–H groups in total. The van der Waals surface area contributed by atoms with Crippen molar-refractivity contribution in [1.29, 1.82) is 0 Å². The van der Waals surface area contributed by atoms with Crippen molar-refractivity contribution in [2.24, 2.45) is 0 Å². The summed E-state index contributed by atoms with van der Waals surface area (Å²) in [7, 11) is 1.88. The van der Waals surface area contributed by atoms with E-state index in [1.807, 2.05) is 7.05 Å². The van der Waals surface area contributed by atoms with Crippen molar-refractivity contribution < 1.29 is 8.81 Å². The fourth-order valence-corrected chi connectivity index (χ4v) is 1.43. The van der Waals surface area contributed by atoms with Gasteiger partial charge in [-0.2, -0.15) is 0 Å². The van der Waals surface area contributed by atoms with E-state index in [0.717, 1.165) is 19.2 Å².